The average Bonchev–Trinajstić information content (AvgIpc) is 2.67. The standard InChI is InChI=1S/C14H16F2N2O2/c1-10(19)17-5-2-6-18(8-7-17)14(20)11-3-4-12(15)13(16)9-11/h3-4,9H,2,5-8H2,1H3. The molecule has 0 spiro atoms. The molecule has 1 heterocycles. The van der Waals surface area contributed by atoms with Gasteiger partial charge in [0.15, 0.2) is 11.6 Å². The van der Waals surface area contributed by atoms with Gasteiger partial charge in [-0.05, 0) is 24.6 Å². The number of hydrogen-bond donors (Lipinski definition) is 0. The quantitative estimate of drug-likeness (QED) is 0.786. The molecule has 2 rings (SSSR count). The highest BCUT2D eigenvalue weighted by Crippen LogP contribution is 2.13. The largest absolute Gasteiger partial charge is 0.341 e. The van der Waals surface area contributed by atoms with Gasteiger partial charge in [0, 0.05) is 38.7 Å². The Morgan fingerprint density at radius 1 is 1.00 bits per heavy atom. The maximum Gasteiger partial charge on any atom is 0.254 e. The van der Waals surface area contributed by atoms with Crippen LogP contribution in [-0.4, -0.2) is 47.8 Å². The first-order chi connectivity index (χ1) is 9.49. The van der Waals surface area contributed by atoms with Crippen molar-refractivity contribution in [1.82, 2.24) is 9.80 Å². The van der Waals surface area contributed by atoms with Crippen molar-refractivity contribution in [3.05, 3.63) is 35.4 Å². The predicted octanol–water partition coefficient (Wildman–Crippen LogP) is 1.66. The molecule has 0 atom stereocenters. The number of hydrogen-bond acceptors (Lipinski definition) is 2. The molecule has 1 saturated heterocycles. The van der Waals surface area contributed by atoms with Gasteiger partial charge in [0.1, 0.15) is 0 Å². The summed E-state index contributed by atoms with van der Waals surface area (Å²) >= 11 is 0. The minimum absolute atomic E-state index is 0.0212. The molecule has 0 N–H and O–H groups in total. The van der Waals surface area contributed by atoms with Crippen LogP contribution in [0.5, 0.6) is 0 Å². The van der Waals surface area contributed by atoms with Crippen molar-refractivity contribution in [2.45, 2.75) is 13.3 Å². The topological polar surface area (TPSA) is 40.6 Å². The van der Waals surface area contributed by atoms with Crippen LogP contribution in [0.1, 0.15) is 23.7 Å². The first kappa shape index (κ1) is 14.4. The number of nitrogens with zero attached hydrogens (tertiary/aromatic N) is 2. The molecule has 0 aromatic heterocycles. The van der Waals surface area contributed by atoms with Crippen LogP contribution >= 0.6 is 0 Å². The van der Waals surface area contributed by atoms with E-state index in [-0.39, 0.29) is 17.4 Å². The summed E-state index contributed by atoms with van der Waals surface area (Å²) in [5.74, 6) is -2.36. The van der Waals surface area contributed by atoms with Gasteiger partial charge in [-0.2, -0.15) is 0 Å². The van der Waals surface area contributed by atoms with Crippen molar-refractivity contribution in [2.24, 2.45) is 0 Å². The molecule has 0 unspecified atom stereocenters. The van der Waals surface area contributed by atoms with E-state index in [4.69, 9.17) is 0 Å². The molecule has 0 aliphatic carbocycles. The Hall–Kier alpha value is -1.98. The smallest absolute Gasteiger partial charge is 0.254 e. The van der Waals surface area contributed by atoms with Gasteiger partial charge >= 0.3 is 0 Å². The summed E-state index contributed by atoms with van der Waals surface area (Å²) in [6.45, 7) is 3.47. The van der Waals surface area contributed by atoms with Crippen molar-refractivity contribution < 1.29 is 18.4 Å². The highest BCUT2D eigenvalue weighted by molar-refractivity contribution is 5.94. The fraction of sp³-hybridized carbons (Fsp3) is 0.429. The van der Waals surface area contributed by atoms with E-state index in [2.05, 4.69) is 0 Å². The molecular formula is C14H16F2N2O2. The Morgan fingerprint density at radius 2 is 1.65 bits per heavy atom. The van der Waals surface area contributed by atoms with E-state index in [1.165, 1.54) is 13.0 Å². The van der Waals surface area contributed by atoms with E-state index >= 15 is 0 Å². The van der Waals surface area contributed by atoms with Crippen LogP contribution in [0.2, 0.25) is 0 Å². The SMILES string of the molecule is CC(=O)N1CCCN(C(=O)c2ccc(F)c(F)c2)CC1. The summed E-state index contributed by atoms with van der Waals surface area (Å²) in [4.78, 5) is 26.8. The molecule has 20 heavy (non-hydrogen) atoms. The van der Waals surface area contributed by atoms with E-state index in [9.17, 15) is 18.4 Å². The lowest BCUT2D eigenvalue weighted by Gasteiger charge is -2.21. The number of carbonyl (C=O) groups excluding carboxylic acids is 2. The van der Waals surface area contributed by atoms with Crippen LogP contribution in [0.15, 0.2) is 18.2 Å². The summed E-state index contributed by atoms with van der Waals surface area (Å²) in [5, 5.41) is 0. The van der Waals surface area contributed by atoms with Crippen LogP contribution in [-0.2, 0) is 4.79 Å². The molecule has 0 bridgehead atoms. The summed E-state index contributed by atoms with van der Waals surface area (Å²) in [7, 11) is 0. The Balaban J connectivity index is 2.09. The average molecular weight is 282 g/mol. The third kappa shape index (κ3) is 3.12. The normalized spacial score (nSPS) is 15.9. The van der Waals surface area contributed by atoms with Gasteiger partial charge < -0.3 is 9.80 Å². The molecular weight excluding hydrogens is 266 g/mol. The van der Waals surface area contributed by atoms with Crippen molar-refractivity contribution in [3.8, 4) is 0 Å². The van der Waals surface area contributed by atoms with Gasteiger partial charge in [-0.3, -0.25) is 9.59 Å². The molecule has 1 fully saturated rings. The van der Waals surface area contributed by atoms with Gasteiger partial charge in [-0.15, -0.1) is 0 Å². The molecule has 1 aliphatic heterocycles. The summed E-state index contributed by atoms with van der Waals surface area (Å²) in [6.07, 6.45) is 0.676. The zero-order valence-corrected chi connectivity index (χ0v) is 11.2. The first-order valence-corrected chi connectivity index (χ1v) is 6.49. The van der Waals surface area contributed by atoms with Gasteiger partial charge in [-0.25, -0.2) is 8.78 Å². The molecule has 2 amide bonds. The minimum Gasteiger partial charge on any atom is -0.341 e. The maximum atomic E-state index is 13.2. The Kier molecular flexibility index (Phi) is 4.32. The summed E-state index contributed by atoms with van der Waals surface area (Å²) in [5.41, 5.74) is 0.125. The van der Waals surface area contributed by atoms with Crippen molar-refractivity contribution in [1.29, 1.82) is 0 Å². The second-order valence-electron chi connectivity index (χ2n) is 4.78. The second kappa shape index (κ2) is 5.98. The molecule has 1 aliphatic rings. The highest BCUT2D eigenvalue weighted by atomic mass is 19.2. The third-order valence-corrected chi connectivity index (χ3v) is 3.39. The van der Waals surface area contributed by atoms with Gasteiger partial charge in [0.25, 0.3) is 5.91 Å². The van der Waals surface area contributed by atoms with Crippen LogP contribution in [0.25, 0.3) is 0 Å². The number of benzene rings is 1. The molecule has 0 radical (unpaired) electrons. The Morgan fingerprint density at radius 3 is 2.30 bits per heavy atom. The number of amides is 2. The van der Waals surface area contributed by atoms with Crippen LogP contribution in [0, 0.1) is 11.6 Å². The minimum atomic E-state index is -1.03. The number of halogens is 2. The molecule has 1 aromatic carbocycles. The second-order valence-corrected chi connectivity index (χ2v) is 4.78. The molecule has 6 heteroatoms. The predicted molar refractivity (Wildman–Crippen MR) is 69.1 cm³/mol. The lowest BCUT2D eigenvalue weighted by molar-refractivity contribution is -0.128. The van der Waals surface area contributed by atoms with E-state index in [0.29, 0.717) is 32.6 Å². The Bertz CT molecular complexity index is 534. The fourth-order valence-electron chi connectivity index (χ4n) is 2.25. The van der Waals surface area contributed by atoms with Gasteiger partial charge in [0.2, 0.25) is 5.91 Å². The fourth-order valence-corrected chi connectivity index (χ4v) is 2.25. The van der Waals surface area contributed by atoms with Crippen molar-refractivity contribution in [3.63, 3.8) is 0 Å². The highest BCUT2D eigenvalue weighted by Gasteiger charge is 2.21. The molecule has 1 aromatic rings. The first-order valence-electron chi connectivity index (χ1n) is 6.49. The summed E-state index contributed by atoms with van der Waals surface area (Å²) < 4.78 is 26.0. The summed E-state index contributed by atoms with van der Waals surface area (Å²) in [6, 6.07) is 3.13. The lowest BCUT2D eigenvalue weighted by atomic mass is 10.2. The number of carbonyl (C=O) groups is 2. The van der Waals surface area contributed by atoms with Crippen LogP contribution in [0.4, 0.5) is 8.78 Å². The van der Waals surface area contributed by atoms with Gasteiger partial charge in [-0.1, -0.05) is 0 Å². The zero-order chi connectivity index (χ0) is 14.7. The molecule has 4 nitrogen and oxygen atoms in total. The number of rotatable bonds is 1. The van der Waals surface area contributed by atoms with E-state index < -0.39 is 11.6 Å². The van der Waals surface area contributed by atoms with E-state index in [0.717, 1.165) is 12.1 Å². The third-order valence-electron chi connectivity index (χ3n) is 3.39. The van der Waals surface area contributed by atoms with Gasteiger partial charge in [0.05, 0.1) is 0 Å². The van der Waals surface area contributed by atoms with Crippen molar-refractivity contribution in [2.75, 3.05) is 26.2 Å². The van der Waals surface area contributed by atoms with Crippen molar-refractivity contribution >= 4 is 11.8 Å². The monoisotopic (exact) mass is 282 g/mol. The lowest BCUT2D eigenvalue weighted by Crippen LogP contribution is -2.36. The van der Waals surface area contributed by atoms with Crippen LogP contribution < -0.4 is 0 Å². The van der Waals surface area contributed by atoms with Crippen LogP contribution in [0.3, 0.4) is 0 Å². The Labute approximate surface area is 116 Å². The molecule has 0 saturated carbocycles. The zero-order valence-electron chi connectivity index (χ0n) is 11.2. The maximum absolute atomic E-state index is 13.2. The van der Waals surface area contributed by atoms with E-state index in [1.807, 2.05) is 0 Å². The molecule has 108 valence electrons. The van der Waals surface area contributed by atoms with E-state index in [1.54, 1.807) is 9.80 Å².